The van der Waals surface area contributed by atoms with E-state index in [-0.39, 0.29) is 0 Å². The standard InChI is InChI=1S/C10H20S/c1-6-11-10(9(4)5)7-8(2)3/h9-10H,2,6-7H2,1,3-5H3. The van der Waals surface area contributed by atoms with Crippen molar-refractivity contribution in [1.29, 1.82) is 0 Å². The fourth-order valence-electron chi connectivity index (χ4n) is 1.04. The lowest BCUT2D eigenvalue weighted by atomic mass is 10.0. The van der Waals surface area contributed by atoms with Gasteiger partial charge >= 0.3 is 0 Å². The van der Waals surface area contributed by atoms with E-state index in [0.29, 0.717) is 0 Å². The maximum absolute atomic E-state index is 3.95. The molecular formula is C10H20S. The van der Waals surface area contributed by atoms with Crippen LogP contribution in [0.4, 0.5) is 0 Å². The predicted octanol–water partition coefficient (Wildman–Crippen LogP) is 3.73. The third-order valence-electron chi connectivity index (χ3n) is 1.67. The van der Waals surface area contributed by atoms with Gasteiger partial charge in [0.1, 0.15) is 0 Å². The van der Waals surface area contributed by atoms with Crippen molar-refractivity contribution < 1.29 is 0 Å². The zero-order valence-corrected chi connectivity index (χ0v) is 9.00. The van der Waals surface area contributed by atoms with Gasteiger partial charge in [0, 0.05) is 5.25 Å². The first kappa shape index (κ1) is 11.1. The van der Waals surface area contributed by atoms with Crippen molar-refractivity contribution >= 4 is 11.8 Å². The molecule has 0 aliphatic rings. The molecule has 1 atom stereocenters. The zero-order chi connectivity index (χ0) is 8.85. The van der Waals surface area contributed by atoms with E-state index in [0.717, 1.165) is 11.2 Å². The van der Waals surface area contributed by atoms with Gasteiger partial charge in [0.05, 0.1) is 0 Å². The maximum atomic E-state index is 3.95. The minimum atomic E-state index is 0.775. The highest BCUT2D eigenvalue weighted by Crippen LogP contribution is 2.24. The first-order valence-electron chi connectivity index (χ1n) is 4.33. The van der Waals surface area contributed by atoms with Crippen molar-refractivity contribution in [3.8, 4) is 0 Å². The van der Waals surface area contributed by atoms with Crippen LogP contribution in [0.25, 0.3) is 0 Å². The van der Waals surface area contributed by atoms with Crippen LogP contribution in [-0.4, -0.2) is 11.0 Å². The Balaban J connectivity index is 3.79. The molecule has 0 rings (SSSR count). The van der Waals surface area contributed by atoms with Crippen molar-refractivity contribution in [1.82, 2.24) is 0 Å². The van der Waals surface area contributed by atoms with Gasteiger partial charge in [-0.15, -0.1) is 6.58 Å². The number of rotatable bonds is 5. The van der Waals surface area contributed by atoms with Crippen LogP contribution >= 0.6 is 11.8 Å². The molecule has 0 aliphatic heterocycles. The second-order valence-electron chi connectivity index (χ2n) is 3.40. The van der Waals surface area contributed by atoms with Gasteiger partial charge in [-0.05, 0) is 25.0 Å². The molecule has 0 radical (unpaired) electrons. The molecule has 0 saturated heterocycles. The monoisotopic (exact) mass is 172 g/mol. The number of thioether (sulfide) groups is 1. The topological polar surface area (TPSA) is 0 Å². The smallest absolute Gasteiger partial charge is 0.0107 e. The van der Waals surface area contributed by atoms with E-state index < -0.39 is 0 Å². The molecule has 0 aliphatic carbocycles. The number of hydrogen-bond acceptors (Lipinski definition) is 1. The average molecular weight is 172 g/mol. The molecule has 11 heavy (non-hydrogen) atoms. The van der Waals surface area contributed by atoms with Gasteiger partial charge in [-0.3, -0.25) is 0 Å². The Morgan fingerprint density at radius 2 is 2.00 bits per heavy atom. The van der Waals surface area contributed by atoms with Gasteiger partial charge in [0.2, 0.25) is 0 Å². The summed E-state index contributed by atoms with van der Waals surface area (Å²) in [6.07, 6.45) is 1.18. The van der Waals surface area contributed by atoms with E-state index in [1.165, 1.54) is 17.7 Å². The minimum Gasteiger partial charge on any atom is -0.158 e. The van der Waals surface area contributed by atoms with Crippen LogP contribution < -0.4 is 0 Å². The molecule has 0 aromatic carbocycles. The second kappa shape index (κ2) is 5.70. The SMILES string of the molecule is C=C(C)CC(SCC)C(C)C. The van der Waals surface area contributed by atoms with Crippen molar-refractivity contribution in [2.75, 3.05) is 5.75 Å². The first-order valence-corrected chi connectivity index (χ1v) is 5.38. The van der Waals surface area contributed by atoms with Crippen LogP contribution in [0.15, 0.2) is 12.2 Å². The molecule has 0 heterocycles. The van der Waals surface area contributed by atoms with Gasteiger partial charge in [0.15, 0.2) is 0 Å². The summed E-state index contributed by atoms with van der Waals surface area (Å²) in [5.41, 5.74) is 1.31. The molecule has 0 amide bonds. The highest BCUT2D eigenvalue weighted by molar-refractivity contribution is 7.99. The summed E-state index contributed by atoms with van der Waals surface area (Å²) < 4.78 is 0. The normalized spacial score (nSPS) is 13.5. The van der Waals surface area contributed by atoms with Gasteiger partial charge in [-0.2, -0.15) is 11.8 Å². The summed E-state index contributed by atoms with van der Waals surface area (Å²) in [5, 5.41) is 0.775. The van der Waals surface area contributed by atoms with E-state index >= 15 is 0 Å². The van der Waals surface area contributed by atoms with Crippen molar-refractivity contribution in [2.45, 2.75) is 39.4 Å². The molecule has 0 fully saturated rings. The van der Waals surface area contributed by atoms with Gasteiger partial charge in [-0.1, -0.05) is 26.3 Å². The average Bonchev–Trinajstić information content (AvgIpc) is 1.86. The molecule has 1 heteroatoms. The maximum Gasteiger partial charge on any atom is 0.0107 e. The molecule has 0 spiro atoms. The van der Waals surface area contributed by atoms with Crippen molar-refractivity contribution in [3.63, 3.8) is 0 Å². The fourth-order valence-corrected chi connectivity index (χ4v) is 2.26. The molecule has 66 valence electrons. The summed E-state index contributed by atoms with van der Waals surface area (Å²) in [6, 6.07) is 0. The van der Waals surface area contributed by atoms with Gasteiger partial charge in [0.25, 0.3) is 0 Å². The van der Waals surface area contributed by atoms with Crippen molar-refractivity contribution in [2.24, 2.45) is 5.92 Å². The van der Waals surface area contributed by atoms with Crippen molar-refractivity contribution in [3.05, 3.63) is 12.2 Å². The molecule has 0 saturated carbocycles. The first-order chi connectivity index (χ1) is 5.07. The lowest BCUT2D eigenvalue weighted by Crippen LogP contribution is -2.11. The Bertz CT molecular complexity index is 116. The van der Waals surface area contributed by atoms with Crippen LogP contribution in [-0.2, 0) is 0 Å². The second-order valence-corrected chi connectivity index (χ2v) is 4.92. The van der Waals surface area contributed by atoms with E-state index in [1.54, 1.807) is 0 Å². The third-order valence-corrected chi connectivity index (χ3v) is 3.15. The fraction of sp³-hybridized carbons (Fsp3) is 0.800. The summed E-state index contributed by atoms with van der Waals surface area (Å²) in [5.74, 6) is 1.99. The molecular weight excluding hydrogens is 152 g/mol. The molecule has 0 aromatic heterocycles. The summed E-state index contributed by atoms with van der Waals surface area (Å²) in [4.78, 5) is 0. The molecule has 0 N–H and O–H groups in total. The largest absolute Gasteiger partial charge is 0.158 e. The lowest BCUT2D eigenvalue weighted by molar-refractivity contribution is 0.603. The minimum absolute atomic E-state index is 0.775. The van der Waals surface area contributed by atoms with Crippen LogP contribution in [0, 0.1) is 5.92 Å². The Kier molecular flexibility index (Phi) is 5.75. The predicted molar refractivity (Wildman–Crippen MR) is 56.2 cm³/mol. The molecule has 0 nitrogen and oxygen atoms in total. The zero-order valence-electron chi connectivity index (χ0n) is 8.18. The Morgan fingerprint density at radius 3 is 2.27 bits per heavy atom. The van der Waals surface area contributed by atoms with E-state index in [9.17, 15) is 0 Å². The highest BCUT2D eigenvalue weighted by Gasteiger charge is 2.12. The Hall–Kier alpha value is 0.0900. The highest BCUT2D eigenvalue weighted by atomic mass is 32.2. The number of hydrogen-bond donors (Lipinski definition) is 0. The van der Waals surface area contributed by atoms with Crippen LogP contribution in [0.2, 0.25) is 0 Å². The number of allylic oxidation sites excluding steroid dienone is 1. The van der Waals surface area contributed by atoms with Gasteiger partial charge < -0.3 is 0 Å². The summed E-state index contributed by atoms with van der Waals surface area (Å²) in [7, 11) is 0. The van der Waals surface area contributed by atoms with Crippen LogP contribution in [0.1, 0.15) is 34.1 Å². The third kappa shape index (κ3) is 5.37. The Labute approximate surface area is 75.5 Å². The molecule has 0 aromatic rings. The van der Waals surface area contributed by atoms with E-state index in [2.05, 4.69) is 46.0 Å². The van der Waals surface area contributed by atoms with Crippen LogP contribution in [0.5, 0.6) is 0 Å². The van der Waals surface area contributed by atoms with Gasteiger partial charge in [-0.25, -0.2) is 0 Å². The summed E-state index contributed by atoms with van der Waals surface area (Å²) in [6.45, 7) is 12.9. The Morgan fingerprint density at radius 1 is 1.45 bits per heavy atom. The molecule has 0 bridgehead atoms. The lowest BCUT2D eigenvalue weighted by Gasteiger charge is -2.19. The van der Waals surface area contributed by atoms with Crippen LogP contribution in [0.3, 0.4) is 0 Å². The summed E-state index contributed by atoms with van der Waals surface area (Å²) >= 11 is 2.05. The quantitative estimate of drug-likeness (QED) is 0.569. The van der Waals surface area contributed by atoms with E-state index in [1.807, 2.05) is 0 Å². The molecule has 1 unspecified atom stereocenters. The van der Waals surface area contributed by atoms with E-state index in [4.69, 9.17) is 0 Å².